The lowest BCUT2D eigenvalue weighted by Crippen LogP contribution is -2.48. The largest absolute Gasteiger partial charge is 0.346 e. The molecule has 180 valence electrons. The van der Waals surface area contributed by atoms with Crippen LogP contribution in [0.25, 0.3) is 11.0 Å². The van der Waals surface area contributed by atoms with Crippen molar-refractivity contribution in [2.45, 2.75) is 90.6 Å². The topological polar surface area (TPSA) is 95.2 Å². The summed E-state index contributed by atoms with van der Waals surface area (Å²) < 4.78 is 0. The number of likely N-dealkylation sites (tertiary alicyclic amines) is 1. The lowest BCUT2D eigenvalue weighted by molar-refractivity contribution is -0.138. The molecular formula is C26H38N4O3. The van der Waals surface area contributed by atoms with Crippen LogP contribution in [0.5, 0.6) is 0 Å². The predicted molar refractivity (Wildman–Crippen MR) is 130 cm³/mol. The third kappa shape index (κ3) is 6.89. The van der Waals surface area contributed by atoms with Gasteiger partial charge in [-0.3, -0.25) is 14.4 Å². The summed E-state index contributed by atoms with van der Waals surface area (Å²) in [6.07, 6.45) is 4.41. The van der Waals surface area contributed by atoms with Crippen molar-refractivity contribution in [3.8, 4) is 0 Å². The SMILES string of the molecule is CC(C)CCC(=O)N[C@@H](CC(=O)N1CCCC[C@@H]1C)C(=O)C[C@@H](C)c1nc2ccccc2[nH]1. The maximum Gasteiger partial charge on any atom is 0.225 e. The van der Waals surface area contributed by atoms with E-state index in [0.29, 0.717) is 12.3 Å². The van der Waals surface area contributed by atoms with Crippen molar-refractivity contribution in [2.75, 3.05) is 6.54 Å². The van der Waals surface area contributed by atoms with E-state index >= 15 is 0 Å². The predicted octanol–water partition coefficient (Wildman–Crippen LogP) is 4.34. The Morgan fingerprint density at radius 2 is 1.91 bits per heavy atom. The molecule has 0 unspecified atom stereocenters. The van der Waals surface area contributed by atoms with E-state index < -0.39 is 6.04 Å². The van der Waals surface area contributed by atoms with E-state index in [1.165, 1.54) is 0 Å². The molecule has 1 aromatic carbocycles. The highest BCUT2D eigenvalue weighted by atomic mass is 16.2. The summed E-state index contributed by atoms with van der Waals surface area (Å²) in [5.74, 6) is 0.640. The molecule has 1 fully saturated rings. The van der Waals surface area contributed by atoms with Gasteiger partial charge in [0.25, 0.3) is 0 Å². The molecule has 0 aliphatic carbocycles. The molecule has 0 bridgehead atoms. The molecular weight excluding hydrogens is 416 g/mol. The zero-order chi connectivity index (χ0) is 24.0. The fourth-order valence-corrected chi connectivity index (χ4v) is 4.44. The van der Waals surface area contributed by atoms with Crippen molar-refractivity contribution >= 4 is 28.6 Å². The van der Waals surface area contributed by atoms with Crippen molar-refractivity contribution in [2.24, 2.45) is 5.92 Å². The third-order valence-electron chi connectivity index (χ3n) is 6.56. The van der Waals surface area contributed by atoms with Crippen LogP contribution in [0.1, 0.15) is 84.4 Å². The van der Waals surface area contributed by atoms with Crippen LogP contribution >= 0.6 is 0 Å². The third-order valence-corrected chi connectivity index (χ3v) is 6.56. The van der Waals surface area contributed by atoms with Crippen molar-refractivity contribution < 1.29 is 14.4 Å². The molecule has 2 N–H and O–H groups in total. The zero-order valence-electron chi connectivity index (χ0n) is 20.4. The summed E-state index contributed by atoms with van der Waals surface area (Å²) in [7, 11) is 0. The Balaban J connectivity index is 1.69. The van der Waals surface area contributed by atoms with Gasteiger partial charge in [-0.15, -0.1) is 0 Å². The van der Waals surface area contributed by atoms with E-state index in [2.05, 4.69) is 36.1 Å². The first-order chi connectivity index (χ1) is 15.7. The van der Waals surface area contributed by atoms with Crippen LogP contribution in [0, 0.1) is 5.92 Å². The minimum absolute atomic E-state index is 0.0173. The number of nitrogens with one attached hydrogen (secondary N) is 2. The molecule has 2 aromatic rings. The summed E-state index contributed by atoms with van der Waals surface area (Å²) in [4.78, 5) is 48.6. The fourth-order valence-electron chi connectivity index (χ4n) is 4.44. The quantitative estimate of drug-likeness (QED) is 0.558. The molecule has 7 nitrogen and oxygen atoms in total. The Kier molecular flexibility index (Phi) is 8.64. The standard InChI is InChI=1S/C26H38N4O3/c1-17(2)12-13-24(32)27-22(16-25(33)30-14-8-7-9-19(30)4)23(31)15-18(3)26-28-20-10-5-6-11-21(20)29-26/h5-6,10-11,17-19,22H,7-9,12-16H2,1-4H3,(H,27,32)(H,28,29)/t18-,19+,22+/m1/s1. The van der Waals surface area contributed by atoms with E-state index in [4.69, 9.17) is 0 Å². The minimum Gasteiger partial charge on any atom is -0.346 e. The van der Waals surface area contributed by atoms with Crippen LogP contribution in [0.4, 0.5) is 0 Å². The minimum atomic E-state index is -0.807. The number of fused-ring (bicyclic) bond motifs is 1. The summed E-state index contributed by atoms with van der Waals surface area (Å²) >= 11 is 0. The van der Waals surface area contributed by atoms with Gasteiger partial charge in [0.1, 0.15) is 5.82 Å². The second kappa shape index (κ2) is 11.4. The van der Waals surface area contributed by atoms with Gasteiger partial charge in [0.15, 0.2) is 5.78 Å². The van der Waals surface area contributed by atoms with Gasteiger partial charge in [0.05, 0.1) is 23.5 Å². The van der Waals surface area contributed by atoms with Crippen LogP contribution in [0.15, 0.2) is 24.3 Å². The highest BCUT2D eigenvalue weighted by Crippen LogP contribution is 2.22. The Hall–Kier alpha value is -2.70. The van der Waals surface area contributed by atoms with Crippen LogP contribution in [0.3, 0.4) is 0 Å². The number of piperidine rings is 1. The second-order valence-corrected chi connectivity index (χ2v) is 9.90. The van der Waals surface area contributed by atoms with E-state index in [1.807, 2.05) is 36.1 Å². The Bertz CT molecular complexity index is 934. The number of benzene rings is 1. The normalized spacial score (nSPS) is 18.3. The molecule has 33 heavy (non-hydrogen) atoms. The van der Waals surface area contributed by atoms with Gasteiger partial charge in [-0.05, 0) is 50.7 Å². The molecule has 1 aromatic heterocycles. The van der Waals surface area contributed by atoms with Crippen LogP contribution < -0.4 is 5.32 Å². The number of carbonyl (C=O) groups is 3. The average Bonchev–Trinajstić information content (AvgIpc) is 3.22. The number of aromatic amines is 1. The number of hydrogen-bond donors (Lipinski definition) is 2. The second-order valence-electron chi connectivity index (χ2n) is 9.90. The Morgan fingerprint density at radius 1 is 1.15 bits per heavy atom. The van der Waals surface area contributed by atoms with E-state index in [0.717, 1.165) is 49.1 Å². The van der Waals surface area contributed by atoms with Crippen molar-refractivity contribution in [1.29, 1.82) is 0 Å². The number of para-hydroxylation sites is 2. The number of nitrogens with zero attached hydrogens (tertiary/aromatic N) is 2. The number of rotatable bonds is 10. The number of Topliss-reactive ketones (excluding diaryl/α,β-unsaturated/α-hetero) is 1. The van der Waals surface area contributed by atoms with Gasteiger partial charge in [0.2, 0.25) is 11.8 Å². The average molecular weight is 455 g/mol. The first kappa shape index (κ1) is 24.9. The number of ketones is 1. The van der Waals surface area contributed by atoms with Crippen LogP contribution in [0.2, 0.25) is 0 Å². The highest BCUT2D eigenvalue weighted by molar-refractivity contribution is 5.93. The summed E-state index contributed by atoms with van der Waals surface area (Å²) in [6, 6.07) is 7.12. The molecule has 7 heteroatoms. The van der Waals surface area contributed by atoms with Crippen molar-refractivity contribution in [3.05, 3.63) is 30.1 Å². The molecule has 1 aliphatic heterocycles. The van der Waals surface area contributed by atoms with E-state index in [9.17, 15) is 14.4 Å². The van der Waals surface area contributed by atoms with Gasteiger partial charge in [-0.2, -0.15) is 0 Å². The molecule has 2 amide bonds. The molecule has 0 spiro atoms. The lowest BCUT2D eigenvalue weighted by Gasteiger charge is -2.34. The van der Waals surface area contributed by atoms with Crippen LogP contribution in [-0.2, 0) is 14.4 Å². The van der Waals surface area contributed by atoms with Gasteiger partial charge >= 0.3 is 0 Å². The molecule has 0 saturated carbocycles. The van der Waals surface area contributed by atoms with Gasteiger partial charge in [-0.25, -0.2) is 4.98 Å². The van der Waals surface area contributed by atoms with Gasteiger partial charge < -0.3 is 15.2 Å². The molecule has 3 atom stereocenters. The summed E-state index contributed by atoms with van der Waals surface area (Å²) in [5.41, 5.74) is 1.79. The number of carbonyl (C=O) groups excluding carboxylic acids is 3. The van der Waals surface area contributed by atoms with Gasteiger partial charge in [0, 0.05) is 31.3 Å². The highest BCUT2D eigenvalue weighted by Gasteiger charge is 2.30. The maximum atomic E-state index is 13.3. The molecule has 2 heterocycles. The monoisotopic (exact) mass is 454 g/mol. The molecule has 0 radical (unpaired) electrons. The van der Waals surface area contributed by atoms with Gasteiger partial charge in [-0.1, -0.05) is 32.9 Å². The fraction of sp³-hybridized carbons (Fsp3) is 0.615. The number of aromatic nitrogens is 2. The number of amides is 2. The van der Waals surface area contributed by atoms with E-state index in [-0.39, 0.29) is 42.4 Å². The first-order valence-electron chi connectivity index (χ1n) is 12.3. The maximum absolute atomic E-state index is 13.3. The van der Waals surface area contributed by atoms with Crippen molar-refractivity contribution in [3.63, 3.8) is 0 Å². The summed E-state index contributed by atoms with van der Waals surface area (Å²) in [6.45, 7) is 8.84. The van der Waals surface area contributed by atoms with Crippen molar-refractivity contribution in [1.82, 2.24) is 20.2 Å². The number of imidazole rings is 1. The lowest BCUT2D eigenvalue weighted by atomic mass is 9.96. The smallest absolute Gasteiger partial charge is 0.225 e. The summed E-state index contributed by atoms with van der Waals surface area (Å²) in [5, 5.41) is 2.87. The zero-order valence-corrected chi connectivity index (χ0v) is 20.4. The Morgan fingerprint density at radius 3 is 2.61 bits per heavy atom. The molecule has 1 saturated heterocycles. The van der Waals surface area contributed by atoms with Crippen LogP contribution in [-0.4, -0.2) is 51.1 Å². The number of H-pyrrole nitrogens is 1. The Labute approximate surface area is 196 Å². The first-order valence-corrected chi connectivity index (χ1v) is 12.3. The number of hydrogen-bond acceptors (Lipinski definition) is 4. The molecule has 1 aliphatic rings. The van der Waals surface area contributed by atoms with E-state index in [1.54, 1.807) is 0 Å². The molecule has 3 rings (SSSR count).